The molecule has 112 valence electrons. The average molecular weight is 283 g/mol. The molecule has 2 rings (SSSR count). The summed E-state index contributed by atoms with van der Waals surface area (Å²) in [5, 5.41) is 0. The zero-order chi connectivity index (χ0) is 15.1. The van der Waals surface area contributed by atoms with E-state index in [1.807, 2.05) is 12.3 Å². The second-order valence-electron chi connectivity index (χ2n) is 5.40. The molecule has 21 heavy (non-hydrogen) atoms. The molecule has 0 aliphatic rings. The molecule has 1 aromatic heterocycles. The molecule has 2 N–H and O–H groups in total. The lowest BCUT2D eigenvalue weighted by Crippen LogP contribution is -2.24. The molecule has 0 amide bonds. The normalized spacial score (nSPS) is 12.1. The Labute approximate surface area is 127 Å². The van der Waals surface area contributed by atoms with Gasteiger partial charge in [0, 0.05) is 25.3 Å². The maximum Gasteiger partial charge on any atom is 0.128 e. The Bertz CT molecular complexity index is 522. The van der Waals surface area contributed by atoms with Crippen LogP contribution in [-0.2, 0) is 13.0 Å². The Kier molecular flexibility index (Phi) is 5.76. The highest BCUT2D eigenvalue weighted by atomic mass is 15.2. The predicted octanol–water partition coefficient (Wildman–Crippen LogP) is 3.39. The fourth-order valence-electron chi connectivity index (χ4n) is 2.33. The second kappa shape index (κ2) is 7.79. The Hall–Kier alpha value is -1.87. The summed E-state index contributed by atoms with van der Waals surface area (Å²) in [7, 11) is 0. The molecule has 0 fully saturated rings. The zero-order valence-electron chi connectivity index (χ0n) is 13.0. The van der Waals surface area contributed by atoms with Gasteiger partial charge in [0.25, 0.3) is 0 Å². The lowest BCUT2D eigenvalue weighted by Gasteiger charge is -2.22. The van der Waals surface area contributed by atoms with E-state index in [0.717, 1.165) is 31.7 Å². The van der Waals surface area contributed by atoms with Gasteiger partial charge in [-0.25, -0.2) is 4.98 Å². The number of nitrogens with zero attached hydrogens (tertiary/aromatic N) is 2. The minimum atomic E-state index is 0.226. The monoisotopic (exact) mass is 283 g/mol. The molecular formula is C18H25N3. The first-order valence-electron chi connectivity index (χ1n) is 7.72. The SMILES string of the molecule is CCC(N)Cc1ccc(N(CC)Cc2ccccc2)nc1. The number of nitrogens with two attached hydrogens (primary N) is 1. The van der Waals surface area contributed by atoms with Gasteiger partial charge in [-0.1, -0.05) is 43.3 Å². The summed E-state index contributed by atoms with van der Waals surface area (Å²) in [4.78, 5) is 6.88. The molecule has 1 aromatic carbocycles. The molecule has 0 bridgehead atoms. The Morgan fingerprint density at radius 1 is 1.05 bits per heavy atom. The molecule has 0 saturated carbocycles. The van der Waals surface area contributed by atoms with Crippen molar-refractivity contribution >= 4 is 5.82 Å². The van der Waals surface area contributed by atoms with Crippen LogP contribution in [0.25, 0.3) is 0 Å². The van der Waals surface area contributed by atoms with Crippen molar-refractivity contribution in [2.45, 2.75) is 39.3 Å². The van der Waals surface area contributed by atoms with E-state index in [1.54, 1.807) is 0 Å². The lowest BCUT2D eigenvalue weighted by molar-refractivity contribution is 0.645. The summed E-state index contributed by atoms with van der Waals surface area (Å²) < 4.78 is 0. The van der Waals surface area contributed by atoms with E-state index < -0.39 is 0 Å². The van der Waals surface area contributed by atoms with Crippen molar-refractivity contribution in [2.75, 3.05) is 11.4 Å². The molecule has 1 unspecified atom stereocenters. The van der Waals surface area contributed by atoms with Crippen molar-refractivity contribution in [1.29, 1.82) is 0 Å². The molecule has 1 heterocycles. The summed E-state index contributed by atoms with van der Waals surface area (Å²) in [6, 6.07) is 15.0. The molecule has 0 spiro atoms. The van der Waals surface area contributed by atoms with E-state index in [4.69, 9.17) is 5.73 Å². The van der Waals surface area contributed by atoms with Crippen LogP contribution in [0.3, 0.4) is 0 Å². The highest BCUT2D eigenvalue weighted by Crippen LogP contribution is 2.15. The van der Waals surface area contributed by atoms with Crippen LogP contribution >= 0.6 is 0 Å². The maximum absolute atomic E-state index is 5.99. The number of hydrogen-bond donors (Lipinski definition) is 1. The zero-order valence-corrected chi connectivity index (χ0v) is 13.0. The average Bonchev–Trinajstić information content (AvgIpc) is 2.54. The van der Waals surface area contributed by atoms with Crippen LogP contribution in [0, 0.1) is 0 Å². The van der Waals surface area contributed by atoms with Crippen LogP contribution in [0.15, 0.2) is 48.7 Å². The first kappa shape index (κ1) is 15.5. The topological polar surface area (TPSA) is 42.1 Å². The summed E-state index contributed by atoms with van der Waals surface area (Å²) in [5.74, 6) is 1.02. The Morgan fingerprint density at radius 3 is 2.38 bits per heavy atom. The predicted molar refractivity (Wildman–Crippen MR) is 89.4 cm³/mol. The third-order valence-electron chi connectivity index (χ3n) is 3.75. The third kappa shape index (κ3) is 4.57. The van der Waals surface area contributed by atoms with Gasteiger partial charge >= 0.3 is 0 Å². The fourth-order valence-corrected chi connectivity index (χ4v) is 2.33. The van der Waals surface area contributed by atoms with E-state index in [2.05, 4.69) is 60.1 Å². The van der Waals surface area contributed by atoms with E-state index in [9.17, 15) is 0 Å². The highest BCUT2D eigenvalue weighted by Gasteiger charge is 2.07. The van der Waals surface area contributed by atoms with Crippen molar-refractivity contribution in [3.05, 3.63) is 59.8 Å². The summed E-state index contributed by atoms with van der Waals surface area (Å²) >= 11 is 0. The minimum absolute atomic E-state index is 0.226. The van der Waals surface area contributed by atoms with Gasteiger partial charge in [0.05, 0.1) is 0 Å². The molecular weight excluding hydrogens is 258 g/mol. The smallest absolute Gasteiger partial charge is 0.128 e. The van der Waals surface area contributed by atoms with Gasteiger partial charge in [-0.15, -0.1) is 0 Å². The van der Waals surface area contributed by atoms with Crippen molar-refractivity contribution in [2.24, 2.45) is 5.73 Å². The summed E-state index contributed by atoms with van der Waals surface area (Å²) in [5.41, 5.74) is 8.51. The van der Waals surface area contributed by atoms with Crippen molar-refractivity contribution in [3.8, 4) is 0 Å². The van der Waals surface area contributed by atoms with Gasteiger partial charge in [-0.3, -0.25) is 0 Å². The second-order valence-corrected chi connectivity index (χ2v) is 5.40. The standard InChI is InChI=1S/C18H25N3/c1-3-17(19)12-16-10-11-18(20-13-16)21(4-2)14-15-8-6-5-7-9-15/h5-11,13,17H,3-4,12,14,19H2,1-2H3. The van der Waals surface area contributed by atoms with Crippen molar-refractivity contribution in [3.63, 3.8) is 0 Å². The number of rotatable bonds is 7. The molecule has 3 nitrogen and oxygen atoms in total. The van der Waals surface area contributed by atoms with E-state index in [1.165, 1.54) is 11.1 Å². The molecule has 2 aromatic rings. The van der Waals surface area contributed by atoms with Gasteiger partial charge < -0.3 is 10.6 Å². The van der Waals surface area contributed by atoms with E-state index in [0.29, 0.717) is 0 Å². The lowest BCUT2D eigenvalue weighted by atomic mass is 10.1. The largest absolute Gasteiger partial charge is 0.353 e. The van der Waals surface area contributed by atoms with Crippen LogP contribution in [0.2, 0.25) is 0 Å². The minimum Gasteiger partial charge on any atom is -0.353 e. The van der Waals surface area contributed by atoms with Gasteiger partial charge in [-0.2, -0.15) is 0 Å². The highest BCUT2D eigenvalue weighted by molar-refractivity contribution is 5.40. The summed E-state index contributed by atoms with van der Waals surface area (Å²) in [6.07, 6.45) is 3.85. The Balaban J connectivity index is 2.05. The van der Waals surface area contributed by atoms with Gasteiger partial charge in [0.1, 0.15) is 5.82 Å². The summed E-state index contributed by atoms with van der Waals surface area (Å²) in [6.45, 7) is 6.10. The fraction of sp³-hybridized carbons (Fsp3) is 0.389. The number of aromatic nitrogens is 1. The van der Waals surface area contributed by atoms with Crippen LogP contribution in [0.5, 0.6) is 0 Å². The molecule has 3 heteroatoms. The van der Waals surface area contributed by atoms with E-state index >= 15 is 0 Å². The first-order valence-corrected chi connectivity index (χ1v) is 7.72. The Morgan fingerprint density at radius 2 is 1.81 bits per heavy atom. The number of hydrogen-bond acceptors (Lipinski definition) is 3. The van der Waals surface area contributed by atoms with Crippen LogP contribution in [-0.4, -0.2) is 17.6 Å². The molecule has 0 aliphatic heterocycles. The molecule has 1 atom stereocenters. The van der Waals surface area contributed by atoms with Crippen LogP contribution in [0.1, 0.15) is 31.4 Å². The molecule has 0 saturated heterocycles. The number of anilines is 1. The van der Waals surface area contributed by atoms with Gasteiger partial charge in [-0.05, 0) is 37.0 Å². The van der Waals surface area contributed by atoms with Gasteiger partial charge in [0.15, 0.2) is 0 Å². The molecule has 0 radical (unpaired) electrons. The van der Waals surface area contributed by atoms with Crippen LogP contribution in [0.4, 0.5) is 5.82 Å². The van der Waals surface area contributed by atoms with Crippen molar-refractivity contribution < 1.29 is 0 Å². The van der Waals surface area contributed by atoms with Crippen LogP contribution < -0.4 is 10.6 Å². The van der Waals surface area contributed by atoms with E-state index in [-0.39, 0.29) is 6.04 Å². The van der Waals surface area contributed by atoms with Gasteiger partial charge in [0.2, 0.25) is 0 Å². The van der Waals surface area contributed by atoms with Crippen molar-refractivity contribution in [1.82, 2.24) is 4.98 Å². The first-order chi connectivity index (χ1) is 10.2. The maximum atomic E-state index is 5.99. The quantitative estimate of drug-likeness (QED) is 0.847. The number of pyridine rings is 1. The molecule has 0 aliphatic carbocycles. The third-order valence-corrected chi connectivity index (χ3v) is 3.75. The number of benzene rings is 1.